The van der Waals surface area contributed by atoms with Gasteiger partial charge in [-0.05, 0) is 26.2 Å². The Labute approximate surface area is 120 Å². The third-order valence-corrected chi connectivity index (χ3v) is 3.80. The van der Waals surface area contributed by atoms with Crippen LogP contribution in [0.5, 0.6) is 0 Å². The normalized spacial score (nSPS) is 17.5. The second-order valence-electron chi connectivity index (χ2n) is 5.79. The summed E-state index contributed by atoms with van der Waals surface area (Å²) in [6.07, 6.45) is 9.90. The van der Waals surface area contributed by atoms with E-state index in [0.29, 0.717) is 11.5 Å². The molecule has 1 heterocycles. The van der Waals surface area contributed by atoms with Crippen LogP contribution in [0.15, 0.2) is 12.4 Å². The molecular weight excluding hydrogens is 252 g/mol. The van der Waals surface area contributed by atoms with Gasteiger partial charge in [0.1, 0.15) is 11.5 Å². The van der Waals surface area contributed by atoms with Gasteiger partial charge in [0.25, 0.3) is 5.91 Å². The van der Waals surface area contributed by atoms with E-state index in [1.807, 2.05) is 0 Å². The summed E-state index contributed by atoms with van der Waals surface area (Å²) in [5, 5.41) is 6.27. The Morgan fingerprint density at radius 1 is 1.30 bits per heavy atom. The lowest BCUT2D eigenvalue weighted by atomic mass is 9.83. The van der Waals surface area contributed by atoms with Crippen LogP contribution < -0.4 is 10.6 Å². The molecule has 1 saturated carbocycles. The zero-order valence-electron chi connectivity index (χ0n) is 12.4. The van der Waals surface area contributed by atoms with Crippen molar-refractivity contribution in [2.45, 2.75) is 57.9 Å². The first-order valence-corrected chi connectivity index (χ1v) is 7.51. The van der Waals surface area contributed by atoms with Crippen molar-refractivity contribution < 1.29 is 4.79 Å². The Hall–Kier alpha value is -1.65. The van der Waals surface area contributed by atoms with Gasteiger partial charge in [-0.1, -0.05) is 26.2 Å². The smallest absolute Gasteiger partial charge is 0.271 e. The molecular formula is C15H24N4O. The Morgan fingerprint density at radius 2 is 2.05 bits per heavy atom. The fourth-order valence-electron chi connectivity index (χ4n) is 2.61. The summed E-state index contributed by atoms with van der Waals surface area (Å²) in [5.74, 6) is 0.537. The molecule has 5 nitrogen and oxygen atoms in total. The van der Waals surface area contributed by atoms with E-state index in [1.54, 1.807) is 6.20 Å². The lowest BCUT2D eigenvalue weighted by Gasteiger charge is -2.34. The van der Waals surface area contributed by atoms with Crippen molar-refractivity contribution in [2.75, 3.05) is 11.9 Å². The molecule has 1 aliphatic carbocycles. The third-order valence-electron chi connectivity index (χ3n) is 3.80. The second kappa shape index (κ2) is 6.68. The van der Waals surface area contributed by atoms with Crippen LogP contribution in [0.1, 0.15) is 62.9 Å². The van der Waals surface area contributed by atoms with Crippen LogP contribution in [-0.4, -0.2) is 28.0 Å². The molecule has 20 heavy (non-hydrogen) atoms. The van der Waals surface area contributed by atoms with Gasteiger partial charge in [-0.3, -0.25) is 9.78 Å². The Bertz CT molecular complexity index is 455. The van der Waals surface area contributed by atoms with Crippen LogP contribution in [0.4, 0.5) is 5.82 Å². The van der Waals surface area contributed by atoms with Crippen LogP contribution in [0.25, 0.3) is 0 Å². The maximum absolute atomic E-state index is 12.3. The summed E-state index contributed by atoms with van der Waals surface area (Å²) in [7, 11) is 0. The van der Waals surface area contributed by atoms with Gasteiger partial charge < -0.3 is 10.6 Å². The molecule has 0 radical (unpaired) electrons. The number of nitrogens with one attached hydrogen (secondary N) is 2. The molecule has 0 unspecified atom stereocenters. The van der Waals surface area contributed by atoms with Gasteiger partial charge in [-0.25, -0.2) is 4.98 Å². The van der Waals surface area contributed by atoms with Gasteiger partial charge >= 0.3 is 0 Å². The summed E-state index contributed by atoms with van der Waals surface area (Å²) in [6, 6.07) is 0. The minimum Gasteiger partial charge on any atom is -0.369 e. The number of carbonyl (C=O) groups excluding carboxylic acids is 1. The first-order chi connectivity index (χ1) is 9.63. The Morgan fingerprint density at radius 3 is 2.75 bits per heavy atom. The highest BCUT2D eigenvalue weighted by molar-refractivity contribution is 5.92. The van der Waals surface area contributed by atoms with Crippen LogP contribution in [0.3, 0.4) is 0 Å². The molecule has 0 aliphatic heterocycles. The number of rotatable bonds is 5. The highest BCUT2D eigenvalue weighted by Gasteiger charge is 2.29. The molecule has 0 saturated heterocycles. The van der Waals surface area contributed by atoms with Crippen LogP contribution in [0, 0.1) is 0 Å². The van der Waals surface area contributed by atoms with Crippen LogP contribution in [-0.2, 0) is 0 Å². The second-order valence-corrected chi connectivity index (χ2v) is 5.79. The molecule has 0 atom stereocenters. The SMILES string of the molecule is CCCNc1cncc(C(=O)NC2(C)CCCCC2)n1. The maximum Gasteiger partial charge on any atom is 0.271 e. The molecule has 110 valence electrons. The van der Waals surface area contributed by atoms with Crippen molar-refractivity contribution in [1.29, 1.82) is 0 Å². The molecule has 1 fully saturated rings. The van der Waals surface area contributed by atoms with Crippen molar-refractivity contribution in [3.05, 3.63) is 18.1 Å². The lowest BCUT2D eigenvalue weighted by molar-refractivity contribution is 0.0877. The standard InChI is InChI=1S/C15H24N4O/c1-3-9-17-13-11-16-10-12(18-13)14(20)19-15(2)7-5-4-6-8-15/h10-11H,3-9H2,1-2H3,(H,17,18)(H,19,20). The quantitative estimate of drug-likeness (QED) is 0.867. The number of carbonyl (C=O) groups is 1. The summed E-state index contributed by atoms with van der Waals surface area (Å²) in [5.41, 5.74) is 0.294. The largest absolute Gasteiger partial charge is 0.369 e. The number of nitrogens with zero attached hydrogens (tertiary/aromatic N) is 2. The third kappa shape index (κ3) is 3.92. The number of hydrogen-bond donors (Lipinski definition) is 2. The number of hydrogen-bond acceptors (Lipinski definition) is 4. The molecule has 1 amide bonds. The first-order valence-electron chi connectivity index (χ1n) is 7.51. The summed E-state index contributed by atoms with van der Waals surface area (Å²) in [4.78, 5) is 20.7. The average Bonchev–Trinajstić information content (AvgIpc) is 2.45. The van der Waals surface area contributed by atoms with Gasteiger partial charge in [0, 0.05) is 12.1 Å². The Balaban J connectivity index is 2.01. The van der Waals surface area contributed by atoms with E-state index in [2.05, 4.69) is 34.4 Å². The minimum atomic E-state index is -0.123. The van der Waals surface area contributed by atoms with E-state index < -0.39 is 0 Å². The number of anilines is 1. The van der Waals surface area contributed by atoms with Crippen molar-refractivity contribution in [2.24, 2.45) is 0 Å². The highest BCUT2D eigenvalue weighted by atomic mass is 16.2. The van der Waals surface area contributed by atoms with E-state index in [0.717, 1.165) is 25.8 Å². The van der Waals surface area contributed by atoms with E-state index in [4.69, 9.17) is 0 Å². The molecule has 2 N–H and O–H groups in total. The topological polar surface area (TPSA) is 66.9 Å². The van der Waals surface area contributed by atoms with Gasteiger partial charge in [0.15, 0.2) is 0 Å². The lowest BCUT2D eigenvalue weighted by Crippen LogP contribution is -2.47. The predicted molar refractivity (Wildman–Crippen MR) is 79.8 cm³/mol. The van der Waals surface area contributed by atoms with Crippen molar-refractivity contribution in [1.82, 2.24) is 15.3 Å². The zero-order valence-corrected chi connectivity index (χ0v) is 12.4. The first kappa shape index (κ1) is 14.8. The van der Waals surface area contributed by atoms with Crippen molar-refractivity contribution >= 4 is 11.7 Å². The molecule has 5 heteroatoms. The van der Waals surface area contributed by atoms with Gasteiger partial charge in [0.2, 0.25) is 0 Å². The number of amides is 1. The van der Waals surface area contributed by atoms with Crippen LogP contribution >= 0.6 is 0 Å². The summed E-state index contributed by atoms with van der Waals surface area (Å²) < 4.78 is 0. The summed E-state index contributed by atoms with van der Waals surface area (Å²) >= 11 is 0. The van der Waals surface area contributed by atoms with Crippen LogP contribution in [0.2, 0.25) is 0 Å². The van der Waals surface area contributed by atoms with E-state index in [-0.39, 0.29) is 11.4 Å². The van der Waals surface area contributed by atoms with E-state index in [1.165, 1.54) is 25.5 Å². The predicted octanol–water partition coefficient (Wildman–Crippen LogP) is 2.75. The van der Waals surface area contributed by atoms with Crippen molar-refractivity contribution in [3.8, 4) is 0 Å². The molecule has 0 aromatic carbocycles. The van der Waals surface area contributed by atoms with Gasteiger partial charge in [-0.2, -0.15) is 0 Å². The Kier molecular flexibility index (Phi) is 4.93. The maximum atomic E-state index is 12.3. The van der Waals surface area contributed by atoms with Crippen molar-refractivity contribution in [3.63, 3.8) is 0 Å². The van der Waals surface area contributed by atoms with E-state index in [9.17, 15) is 4.79 Å². The molecule has 1 aromatic rings. The zero-order chi connectivity index (χ0) is 14.4. The molecule has 0 spiro atoms. The molecule has 1 aromatic heterocycles. The minimum absolute atomic E-state index is 0.0934. The highest BCUT2D eigenvalue weighted by Crippen LogP contribution is 2.27. The number of aromatic nitrogens is 2. The fraction of sp³-hybridized carbons (Fsp3) is 0.667. The average molecular weight is 276 g/mol. The molecule has 1 aliphatic rings. The van der Waals surface area contributed by atoms with Gasteiger partial charge in [-0.15, -0.1) is 0 Å². The molecule has 2 rings (SSSR count). The monoisotopic (exact) mass is 276 g/mol. The molecule has 0 bridgehead atoms. The fourth-order valence-corrected chi connectivity index (χ4v) is 2.61. The van der Waals surface area contributed by atoms with Gasteiger partial charge in [0.05, 0.1) is 12.4 Å². The van der Waals surface area contributed by atoms with E-state index >= 15 is 0 Å². The summed E-state index contributed by atoms with van der Waals surface area (Å²) in [6.45, 7) is 5.04.